The Morgan fingerprint density at radius 3 is 2.50 bits per heavy atom. The summed E-state index contributed by atoms with van der Waals surface area (Å²) < 4.78 is 6.87. The van der Waals surface area contributed by atoms with Gasteiger partial charge in [0, 0.05) is 0 Å². The lowest BCUT2D eigenvalue weighted by Crippen LogP contribution is -2.27. The van der Waals surface area contributed by atoms with Crippen LogP contribution in [0, 0.1) is 0 Å². The highest BCUT2D eigenvalue weighted by molar-refractivity contribution is 5.84. The van der Waals surface area contributed by atoms with E-state index in [0.717, 1.165) is 5.69 Å². The number of aromatic nitrogens is 2. The van der Waals surface area contributed by atoms with Crippen LogP contribution >= 0.6 is 0 Å². The maximum Gasteiger partial charge on any atom is 0.266 e. The molecule has 0 aliphatic rings. The number of rotatable bonds is 3. The van der Waals surface area contributed by atoms with Crippen LogP contribution in [0.3, 0.4) is 0 Å². The van der Waals surface area contributed by atoms with Gasteiger partial charge in [0.1, 0.15) is 17.1 Å². The summed E-state index contributed by atoms with van der Waals surface area (Å²) in [6.45, 7) is 1.81. The van der Waals surface area contributed by atoms with Crippen molar-refractivity contribution >= 4 is 10.9 Å². The number of hydrogen-bond acceptors (Lipinski definition) is 4. The van der Waals surface area contributed by atoms with Gasteiger partial charge >= 0.3 is 0 Å². The second-order valence-corrected chi connectivity index (χ2v) is 5.09. The van der Waals surface area contributed by atoms with E-state index < -0.39 is 0 Å². The summed E-state index contributed by atoms with van der Waals surface area (Å²) in [6.07, 6.45) is 0. The fourth-order valence-electron chi connectivity index (χ4n) is 2.50. The molecule has 0 unspecified atom stereocenters. The molecule has 0 bridgehead atoms. The summed E-state index contributed by atoms with van der Waals surface area (Å²) in [4.78, 5) is 17.5. The van der Waals surface area contributed by atoms with Crippen molar-refractivity contribution in [3.8, 4) is 11.4 Å². The second kappa shape index (κ2) is 5.61. The molecule has 3 aromatic rings. The SMILES string of the molecule is COc1cccc2c(=O)n(-c3ccccc3)c([C@H](C)N)nc12. The minimum absolute atomic E-state index is 0.151. The lowest BCUT2D eigenvalue weighted by Gasteiger charge is -2.16. The second-order valence-electron chi connectivity index (χ2n) is 5.09. The lowest BCUT2D eigenvalue weighted by molar-refractivity contribution is 0.418. The quantitative estimate of drug-likeness (QED) is 0.805. The van der Waals surface area contributed by atoms with Crippen LogP contribution in [0.5, 0.6) is 5.75 Å². The molecule has 2 N–H and O–H groups in total. The Kier molecular flexibility index (Phi) is 3.65. The Morgan fingerprint density at radius 2 is 1.86 bits per heavy atom. The third-order valence-electron chi connectivity index (χ3n) is 3.53. The molecule has 0 aliphatic heterocycles. The molecular weight excluding hydrogens is 278 g/mol. The van der Waals surface area contributed by atoms with Gasteiger partial charge in [0.15, 0.2) is 0 Å². The maximum atomic E-state index is 12.9. The zero-order chi connectivity index (χ0) is 15.7. The van der Waals surface area contributed by atoms with Crippen molar-refractivity contribution in [2.45, 2.75) is 13.0 Å². The zero-order valence-electron chi connectivity index (χ0n) is 12.5. The van der Waals surface area contributed by atoms with Crippen molar-refractivity contribution in [2.24, 2.45) is 5.73 Å². The van der Waals surface area contributed by atoms with Gasteiger partial charge in [-0.1, -0.05) is 24.3 Å². The van der Waals surface area contributed by atoms with Crippen LogP contribution in [0.2, 0.25) is 0 Å². The van der Waals surface area contributed by atoms with Crippen LogP contribution in [0.25, 0.3) is 16.6 Å². The Hall–Kier alpha value is -2.66. The summed E-state index contributed by atoms with van der Waals surface area (Å²) in [7, 11) is 1.56. The normalized spacial score (nSPS) is 12.3. The molecule has 0 aliphatic carbocycles. The number of methoxy groups -OCH3 is 1. The Labute approximate surface area is 128 Å². The predicted molar refractivity (Wildman–Crippen MR) is 86.5 cm³/mol. The fraction of sp³-hybridized carbons (Fsp3) is 0.176. The standard InChI is InChI=1S/C17H17N3O2/c1-11(18)16-19-15-13(9-6-10-14(15)22-2)17(21)20(16)12-7-4-3-5-8-12/h3-11H,18H2,1-2H3/t11-/m0/s1. The molecule has 1 aromatic heterocycles. The van der Waals surface area contributed by atoms with E-state index in [-0.39, 0.29) is 11.6 Å². The third kappa shape index (κ3) is 2.25. The van der Waals surface area contributed by atoms with Crippen molar-refractivity contribution < 1.29 is 4.74 Å². The van der Waals surface area contributed by atoms with Crippen LogP contribution in [0.1, 0.15) is 18.8 Å². The van der Waals surface area contributed by atoms with E-state index in [1.54, 1.807) is 29.9 Å². The number of para-hydroxylation sites is 2. The maximum absolute atomic E-state index is 12.9. The molecule has 0 amide bonds. The summed E-state index contributed by atoms with van der Waals surface area (Å²) in [6, 6.07) is 14.3. The lowest BCUT2D eigenvalue weighted by atomic mass is 10.2. The predicted octanol–water partition coefficient (Wildman–Crippen LogP) is 2.41. The van der Waals surface area contributed by atoms with E-state index >= 15 is 0 Å². The van der Waals surface area contributed by atoms with Gasteiger partial charge in [-0.05, 0) is 31.2 Å². The van der Waals surface area contributed by atoms with Crippen molar-refractivity contribution in [1.82, 2.24) is 9.55 Å². The van der Waals surface area contributed by atoms with Gasteiger partial charge in [0.05, 0.1) is 24.2 Å². The van der Waals surface area contributed by atoms with Crippen LogP contribution in [-0.4, -0.2) is 16.7 Å². The molecule has 2 aromatic carbocycles. The number of benzene rings is 2. The van der Waals surface area contributed by atoms with Gasteiger partial charge in [-0.3, -0.25) is 9.36 Å². The molecule has 5 nitrogen and oxygen atoms in total. The van der Waals surface area contributed by atoms with Gasteiger partial charge in [-0.15, -0.1) is 0 Å². The molecule has 22 heavy (non-hydrogen) atoms. The zero-order valence-corrected chi connectivity index (χ0v) is 12.5. The minimum Gasteiger partial charge on any atom is -0.494 e. The first-order valence-electron chi connectivity index (χ1n) is 7.04. The first-order valence-corrected chi connectivity index (χ1v) is 7.04. The van der Waals surface area contributed by atoms with E-state index in [1.807, 2.05) is 37.3 Å². The Morgan fingerprint density at radius 1 is 1.14 bits per heavy atom. The molecule has 0 spiro atoms. The first-order chi connectivity index (χ1) is 10.6. The number of ether oxygens (including phenoxy) is 1. The van der Waals surface area contributed by atoms with Crippen molar-refractivity contribution in [1.29, 1.82) is 0 Å². The molecule has 3 rings (SSSR count). The van der Waals surface area contributed by atoms with Gasteiger partial charge in [0.25, 0.3) is 5.56 Å². The number of nitrogens with two attached hydrogens (primary N) is 1. The number of fused-ring (bicyclic) bond motifs is 1. The number of nitrogens with zero attached hydrogens (tertiary/aromatic N) is 2. The summed E-state index contributed by atoms with van der Waals surface area (Å²) in [5, 5.41) is 0.507. The van der Waals surface area contributed by atoms with Crippen LogP contribution in [0.4, 0.5) is 0 Å². The smallest absolute Gasteiger partial charge is 0.266 e. The summed E-state index contributed by atoms with van der Waals surface area (Å²) in [5.41, 5.74) is 7.17. The molecule has 0 saturated carbocycles. The van der Waals surface area contributed by atoms with E-state index in [0.29, 0.717) is 22.5 Å². The third-order valence-corrected chi connectivity index (χ3v) is 3.53. The molecular formula is C17H17N3O2. The molecule has 5 heteroatoms. The average molecular weight is 295 g/mol. The van der Waals surface area contributed by atoms with E-state index in [9.17, 15) is 4.79 Å². The highest BCUT2D eigenvalue weighted by Crippen LogP contribution is 2.23. The molecule has 0 radical (unpaired) electrons. The fourth-order valence-corrected chi connectivity index (χ4v) is 2.50. The van der Waals surface area contributed by atoms with E-state index in [2.05, 4.69) is 4.98 Å². The molecule has 112 valence electrons. The van der Waals surface area contributed by atoms with Gasteiger partial charge < -0.3 is 10.5 Å². The van der Waals surface area contributed by atoms with Crippen molar-refractivity contribution in [3.63, 3.8) is 0 Å². The first kappa shape index (κ1) is 14.3. The highest BCUT2D eigenvalue weighted by Gasteiger charge is 2.17. The van der Waals surface area contributed by atoms with Crippen molar-refractivity contribution in [2.75, 3.05) is 7.11 Å². The van der Waals surface area contributed by atoms with Gasteiger partial charge in [-0.2, -0.15) is 0 Å². The monoisotopic (exact) mass is 295 g/mol. The average Bonchev–Trinajstić information content (AvgIpc) is 2.55. The van der Waals surface area contributed by atoms with E-state index in [4.69, 9.17) is 10.5 Å². The van der Waals surface area contributed by atoms with Crippen LogP contribution in [-0.2, 0) is 0 Å². The Bertz CT molecular complexity index is 870. The number of hydrogen-bond donors (Lipinski definition) is 1. The van der Waals surface area contributed by atoms with Crippen molar-refractivity contribution in [3.05, 3.63) is 64.7 Å². The summed E-state index contributed by atoms with van der Waals surface area (Å²) >= 11 is 0. The van der Waals surface area contributed by atoms with Gasteiger partial charge in [0.2, 0.25) is 0 Å². The molecule has 1 heterocycles. The van der Waals surface area contributed by atoms with E-state index in [1.165, 1.54) is 0 Å². The highest BCUT2D eigenvalue weighted by atomic mass is 16.5. The summed E-state index contributed by atoms with van der Waals surface area (Å²) in [5.74, 6) is 1.07. The largest absolute Gasteiger partial charge is 0.494 e. The Balaban J connectivity index is 2.44. The molecule has 1 atom stereocenters. The van der Waals surface area contributed by atoms with Crippen LogP contribution in [0.15, 0.2) is 53.3 Å². The topological polar surface area (TPSA) is 70.1 Å². The van der Waals surface area contributed by atoms with Gasteiger partial charge in [-0.25, -0.2) is 4.98 Å². The molecule has 0 saturated heterocycles. The van der Waals surface area contributed by atoms with Crippen LogP contribution < -0.4 is 16.0 Å². The molecule has 0 fully saturated rings. The minimum atomic E-state index is -0.387.